The fraction of sp³-hybridized carbons (Fsp3) is 0.650. The predicted octanol–water partition coefficient (Wildman–Crippen LogP) is 2.76. The molecule has 2 rings (SSSR count). The number of piperidine rings is 1. The molecule has 25 heavy (non-hydrogen) atoms. The van der Waals surface area contributed by atoms with Crippen LogP contribution in [-0.2, 0) is 16.0 Å². The minimum atomic E-state index is 0.242. The third kappa shape index (κ3) is 7.04. The van der Waals surface area contributed by atoms with Crippen molar-refractivity contribution in [2.24, 2.45) is 5.73 Å². The Morgan fingerprint density at radius 1 is 1.20 bits per heavy atom. The predicted molar refractivity (Wildman–Crippen MR) is 99.8 cm³/mol. The zero-order valence-corrected chi connectivity index (χ0v) is 15.4. The van der Waals surface area contributed by atoms with E-state index in [0.29, 0.717) is 13.0 Å². The molecule has 1 aliphatic heterocycles. The molecule has 5 heteroatoms. The number of nitrogens with zero attached hydrogens (tertiary/aromatic N) is 1. The molecule has 0 atom stereocenters. The lowest BCUT2D eigenvalue weighted by Crippen LogP contribution is -2.41. The van der Waals surface area contributed by atoms with E-state index in [0.717, 1.165) is 64.2 Å². The Bertz CT molecular complexity index is 496. The Balaban J connectivity index is 1.67. The third-order valence-electron chi connectivity index (χ3n) is 4.52. The summed E-state index contributed by atoms with van der Waals surface area (Å²) in [6.45, 7) is 5.83. The number of likely N-dealkylation sites (tertiary alicyclic amines) is 1. The van der Waals surface area contributed by atoms with E-state index < -0.39 is 0 Å². The van der Waals surface area contributed by atoms with E-state index in [1.54, 1.807) is 0 Å². The Morgan fingerprint density at radius 2 is 1.92 bits per heavy atom. The van der Waals surface area contributed by atoms with E-state index in [9.17, 15) is 4.79 Å². The topological polar surface area (TPSA) is 64.8 Å². The second-order valence-electron chi connectivity index (χ2n) is 6.59. The summed E-state index contributed by atoms with van der Waals surface area (Å²) in [7, 11) is 0. The van der Waals surface area contributed by atoms with Gasteiger partial charge in [0, 0.05) is 26.1 Å². The van der Waals surface area contributed by atoms with E-state index in [1.807, 2.05) is 17.0 Å². The van der Waals surface area contributed by atoms with Gasteiger partial charge in [-0.3, -0.25) is 4.79 Å². The van der Waals surface area contributed by atoms with Crippen LogP contribution in [0.2, 0.25) is 0 Å². The summed E-state index contributed by atoms with van der Waals surface area (Å²) in [5.41, 5.74) is 6.65. The molecule has 1 aromatic rings. The van der Waals surface area contributed by atoms with E-state index >= 15 is 0 Å². The number of amides is 1. The summed E-state index contributed by atoms with van der Waals surface area (Å²) in [5, 5.41) is 0. The van der Waals surface area contributed by atoms with Crippen molar-refractivity contribution in [1.29, 1.82) is 0 Å². The first-order chi connectivity index (χ1) is 12.2. The van der Waals surface area contributed by atoms with Gasteiger partial charge in [0.25, 0.3) is 0 Å². The van der Waals surface area contributed by atoms with Crippen LogP contribution in [0.5, 0.6) is 5.75 Å². The molecule has 0 aliphatic carbocycles. The van der Waals surface area contributed by atoms with Gasteiger partial charge in [-0.05, 0) is 56.3 Å². The van der Waals surface area contributed by atoms with Gasteiger partial charge in [-0.15, -0.1) is 0 Å². The van der Waals surface area contributed by atoms with Crippen LogP contribution in [0, 0.1) is 0 Å². The highest BCUT2D eigenvalue weighted by Gasteiger charge is 2.22. The largest absolute Gasteiger partial charge is 0.494 e. The lowest BCUT2D eigenvalue weighted by molar-refractivity contribution is -0.133. The van der Waals surface area contributed by atoms with Crippen LogP contribution >= 0.6 is 0 Å². The van der Waals surface area contributed by atoms with Crippen LogP contribution in [0.25, 0.3) is 0 Å². The van der Waals surface area contributed by atoms with Crippen molar-refractivity contribution >= 4 is 5.91 Å². The van der Waals surface area contributed by atoms with Crippen molar-refractivity contribution in [3.05, 3.63) is 29.8 Å². The van der Waals surface area contributed by atoms with Gasteiger partial charge in [-0.2, -0.15) is 0 Å². The molecule has 1 aliphatic rings. The molecule has 0 bridgehead atoms. The fourth-order valence-electron chi connectivity index (χ4n) is 2.99. The minimum absolute atomic E-state index is 0.242. The molecule has 1 heterocycles. The number of benzene rings is 1. The van der Waals surface area contributed by atoms with E-state index in [4.69, 9.17) is 15.2 Å². The summed E-state index contributed by atoms with van der Waals surface area (Å²) in [6.07, 6.45) is 5.39. The van der Waals surface area contributed by atoms with Crippen LogP contribution < -0.4 is 10.5 Å². The maximum absolute atomic E-state index is 12.4. The standard InChI is InChI=1S/C20H32N2O3/c1-2-15-24-18-7-4-17(5-8-18)6-9-20(23)22-13-10-19(11-14-22)25-16-3-12-21/h4-5,7-8,19H,2-3,6,9-16,21H2,1H3. The van der Waals surface area contributed by atoms with Gasteiger partial charge in [-0.25, -0.2) is 0 Å². The number of rotatable bonds is 10. The van der Waals surface area contributed by atoms with Gasteiger partial charge in [-0.1, -0.05) is 19.1 Å². The molecule has 1 saturated heterocycles. The van der Waals surface area contributed by atoms with Gasteiger partial charge >= 0.3 is 0 Å². The maximum Gasteiger partial charge on any atom is 0.222 e. The van der Waals surface area contributed by atoms with Crippen molar-refractivity contribution in [3.8, 4) is 5.75 Å². The Hall–Kier alpha value is -1.59. The van der Waals surface area contributed by atoms with Crippen molar-refractivity contribution in [2.45, 2.75) is 51.6 Å². The molecule has 1 amide bonds. The van der Waals surface area contributed by atoms with Crippen molar-refractivity contribution < 1.29 is 14.3 Å². The summed E-state index contributed by atoms with van der Waals surface area (Å²) in [6, 6.07) is 8.07. The Kier molecular flexibility index (Phi) is 8.77. The van der Waals surface area contributed by atoms with Gasteiger partial charge in [0.2, 0.25) is 5.91 Å². The molecule has 2 N–H and O–H groups in total. The van der Waals surface area contributed by atoms with E-state index in [1.165, 1.54) is 5.56 Å². The molecular formula is C20H32N2O3. The highest BCUT2D eigenvalue weighted by Crippen LogP contribution is 2.17. The summed E-state index contributed by atoms with van der Waals surface area (Å²) < 4.78 is 11.4. The van der Waals surface area contributed by atoms with Gasteiger partial charge in [0.15, 0.2) is 0 Å². The highest BCUT2D eigenvalue weighted by molar-refractivity contribution is 5.76. The number of carbonyl (C=O) groups excluding carboxylic acids is 1. The maximum atomic E-state index is 12.4. The van der Waals surface area contributed by atoms with Crippen LogP contribution in [0.3, 0.4) is 0 Å². The van der Waals surface area contributed by atoms with Crippen LogP contribution in [0.15, 0.2) is 24.3 Å². The van der Waals surface area contributed by atoms with Crippen LogP contribution in [0.1, 0.15) is 44.6 Å². The molecule has 0 spiro atoms. The van der Waals surface area contributed by atoms with Crippen molar-refractivity contribution in [3.63, 3.8) is 0 Å². The Morgan fingerprint density at radius 3 is 2.56 bits per heavy atom. The number of hydrogen-bond donors (Lipinski definition) is 1. The minimum Gasteiger partial charge on any atom is -0.494 e. The average Bonchev–Trinajstić information content (AvgIpc) is 2.66. The molecule has 0 radical (unpaired) electrons. The lowest BCUT2D eigenvalue weighted by Gasteiger charge is -2.32. The third-order valence-corrected chi connectivity index (χ3v) is 4.52. The zero-order chi connectivity index (χ0) is 17.9. The summed E-state index contributed by atoms with van der Waals surface area (Å²) in [4.78, 5) is 14.4. The number of carbonyl (C=O) groups is 1. The number of hydrogen-bond acceptors (Lipinski definition) is 4. The molecule has 1 fully saturated rings. The lowest BCUT2D eigenvalue weighted by atomic mass is 10.1. The number of nitrogens with two attached hydrogens (primary N) is 1. The van der Waals surface area contributed by atoms with Crippen LogP contribution in [0.4, 0.5) is 0 Å². The van der Waals surface area contributed by atoms with E-state index in [2.05, 4.69) is 19.1 Å². The van der Waals surface area contributed by atoms with Gasteiger partial charge in [0.05, 0.1) is 12.7 Å². The molecule has 1 aromatic carbocycles. The summed E-state index contributed by atoms with van der Waals surface area (Å²) >= 11 is 0. The van der Waals surface area contributed by atoms with Crippen molar-refractivity contribution in [2.75, 3.05) is 32.8 Å². The molecule has 140 valence electrons. The fourth-order valence-corrected chi connectivity index (χ4v) is 2.99. The smallest absolute Gasteiger partial charge is 0.222 e. The first-order valence-corrected chi connectivity index (χ1v) is 9.54. The second kappa shape index (κ2) is 11.1. The molecule has 0 saturated carbocycles. The van der Waals surface area contributed by atoms with Crippen LogP contribution in [-0.4, -0.2) is 49.8 Å². The first kappa shape index (κ1) is 19.7. The summed E-state index contributed by atoms with van der Waals surface area (Å²) in [5.74, 6) is 1.14. The highest BCUT2D eigenvalue weighted by atomic mass is 16.5. The van der Waals surface area contributed by atoms with Crippen molar-refractivity contribution in [1.82, 2.24) is 4.90 Å². The molecule has 5 nitrogen and oxygen atoms in total. The quantitative estimate of drug-likeness (QED) is 0.660. The Labute approximate surface area is 151 Å². The molecule has 0 aromatic heterocycles. The first-order valence-electron chi connectivity index (χ1n) is 9.54. The monoisotopic (exact) mass is 348 g/mol. The second-order valence-corrected chi connectivity index (χ2v) is 6.59. The SMILES string of the molecule is CCCOc1ccc(CCC(=O)N2CCC(OCCCN)CC2)cc1. The van der Waals surface area contributed by atoms with Gasteiger partial charge < -0.3 is 20.1 Å². The number of ether oxygens (including phenoxy) is 2. The zero-order valence-electron chi connectivity index (χ0n) is 15.4. The molecular weight excluding hydrogens is 316 g/mol. The van der Waals surface area contributed by atoms with E-state index in [-0.39, 0.29) is 12.0 Å². The normalized spacial score (nSPS) is 15.4. The average molecular weight is 348 g/mol. The number of aryl methyl sites for hydroxylation is 1. The van der Waals surface area contributed by atoms with Gasteiger partial charge in [0.1, 0.15) is 5.75 Å². The molecule has 0 unspecified atom stereocenters.